The lowest BCUT2D eigenvalue weighted by Crippen LogP contribution is -2.37. The highest BCUT2D eigenvalue weighted by Crippen LogP contribution is 2.18. The maximum absolute atomic E-state index is 11.8. The predicted octanol–water partition coefficient (Wildman–Crippen LogP) is -0.459. The van der Waals surface area contributed by atoms with Gasteiger partial charge < -0.3 is 25.6 Å². The molecule has 1 atom stereocenters. The van der Waals surface area contributed by atoms with Gasteiger partial charge in [-0.15, -0.1) is 0 Å². The Hall–Kier alpha value is -2.28. The number of hydrogen-bond donors (Lipinski definition) is 3. The van der Waals surface area contributed by atoms with Crippen molar-refractivity contribution < 1.29 is 24.2 Å². The van der Waals surface area contributed by atoms with E-state index < -0.39 is 18.0 Å². The summed E-state index contributed by atoms with van der Waals surface area (Å²) in [6, 6.07) is 4.53. The van der Waals surface area contributed by atoms with Crippen molar-refractivity contribution in [3.63, 3.8) is 0 Å². The van der Waals surface area contributed by atoms with Crippen LogP contribution in [0.4, 0.5) is 5.69 Å². The van der Waals surface area contributed by atoms with Crippen molar-refractivity contribution in [3.05, 3.63) is 23.8 Å². The maximum atomic E-state index is 11.8. The van der Waals surface area contributed by atoms with Gasteiger partial charge in [0.05, 0.1) is 20.8 Å². The Morgan fingerprint density at radius 2 is 2.05 bits per heavy atom. The number of aliphatic hydroxyl groups excluding tert-OH is 1. The number of ether oxygens (including phenoxy) is 2. The Labute approximate surface area is 110 Å². The van der Waals surface area contributed by atoms with E-state index in [0.29, 0.717) is 11.4 Å². The van der Waals surface area contributed by atoms with Crippen LogP contribution in [0.3, 0.4) is 0 Å². The number of rotatable bonds is 5. The van der Waals surface area contributed by atoms with Gasteiger partial charge >= 0.3 is 5.97 Å². The van der Waals surface area contributed by atoms with Gasteiger partial charge in [-0.3, -0.25) is 4.79 Å². The molecule has 19 heavy (non-hydrogen) atoms. The third-order valence-electron chi connectivity index (χ3n) is 2.36. The van der Waals surface area contributed by atoms with Gasteiger partial charge in [-0.25, -0.2) is 4.79 Å². The molecule has 0 aliphatic rings. The molecule has 0 saturated carbocycles. The summed E-state index contributed by atoms with van der Waals surface area (Å²) in [5.74, 6) is -0.849. The SMILES string of the molecule is COC(=O)C(O)CNC(=O)c1cc(N)cc(OC)c1. The van der Waals surface area contributed by atoms with Crippen LogP contribution in [-0.4, -0.2) is 43.9 Å². The van der Waals surface area contributed by atoms with Crippen molar-refractivity contribution in [3.8, 4) is 5.75 Å². The van der Waals surface area contributed by atoms with E-state index in [4.69, 9.17) is 10.5 Å². The number of anilines is 1. The normalized spacial score (nSPS) is 11.5. The van der Waals surface area contributed by atoms with E-state index in [9.17, 15) is 14.7 Å². The topological polar surface area (TPSA) is 111 Å². The average Bonchev–Trinajstić information content (AvgIpc) is 2.42. The highest BCUT2D eigenvalue weighted by Gasteiger charge is 2.17. The lowest BCUT2D eigenvalue weighted by Gasteiger charge is -2.10. The van der Waals surface area contributed by atoms with E-state index in [0.717, 1.165) is 7.11 Å². The summed E-state index contributed by atoms with van der Waals surface area (Å²) >= 11 is 0. The first-order chi connectivity index (χ1) is 8.97. The molecule has 7 nitrogen and oxygen atoms in total. The van der Waals surface area contributed by atoms with Crippen LogP contribution in [0.1, 0.15) is 10.4 Å². The van der Waals surface area contributed by atoms with Crippen molar-refractivity contribution >= 4 is 17.6 Å². The molecule has 0 aliphatic carbocycles. The van der Waals surface area contributed by atoms with Gasteiger partial charge in [0.25, 0.3) is 5.91 Å². The lowest BCUT2D eigenvalue weighted by atomic mass is 10.1. The number of carbonyl (C=O) groups excluding carboxylic acids is 2. The second-order valence-electron chi connectivity index (χ2n) is 3.74. The number of amides is 1. The minimum Gasteiger partial charge on any atom is -0.497 e. The third-order valence-corrected chi connectivity index (χ3v) is 2.36. The van der Waals surface area contributed by atoms with Gasteiger partial charge in [0, 0.05) is 17.3 Å². The summed E-state index contributed by atoms with van der Waals surface area (Å²) in [4.78, 5) is 22.7. The molecule has 0 fully saturated rings. The van der Waals surface area contributed by atoms with E-state index in [1.807, 2.05) is 0 Å². The van der Waals surface area contributed by atoms with Gasteiger partial charge in [-0.05, 0) is 12.1 Å². The van der Waals surface area contributed by atoms with E-state index >= 15 is 0 Å². The molecule has 0 aromatic heterocycles. The Morgan fingerprint density at radius 3 is 2.63 bits per heavy atom. The van der Waals surface area contributed by atoms with Crippen LogP contribution in [0, 0.1) is 0 Å². The summed E-state index contributed by atoms with van der Waals surface area (Å²) in [6.07, 6.45) is -1.41. The second-order valence-corrected chi connectivity index (χ2v) is 3.74. The number of esters is 1. The van der Waals surface area contributed by atoms with Crippen molar-refractivity contribution in [2.75, 3.05) is 26.5 Å². The van der Waals surface area contributed by atoms with Crippen molar-refractivity contribution in [1.29, 1.82) is 0 Å². The van der Waals surface area contributed by atoms with Crippen LogP contribution < -0.4 is 15.8 Å². The van der Waals surface area contributed by atoms with E-state index in [1.54, 1.807) is 6.07 Å². The zero-order chi connectivity index (χ0) is 14.4. The third kappa shape index (κ3) is 4.14. The monoisotopic (exact) mass is 268 g/mol. The zero-order valence-corrected chi connectivity index (χ0v) is 10.7. The molecule has 104 valence electrons. The largest absolute Gasteiger partial charge is 0.497 e. The highest BCUT2D eigenvalue weighted by atomic mass is 16.5. The first kappa shape index (κ1) is 14.8. The minimum absolute atomic E-state index is 0.247. The van der Waals surface area contributed by atoms with E-state index in [2.05, 4.69) is 10.1 Å². The predicted molar refractivity (Wildman–Crippen MR) is 67.8 cm³/mol. The summed E-state index contributed by atoms with van der Waals surface area (Å²) < 4.78 is 9.31. The van der Waals surface area contributed by atoms with Crippen LogP contribution in [0.5, 0.6) is 5.75 Å². The Morgan fingerprint density at radius 1 is 1.37 bits per heavy atom. The molecule has 1 unspecified atom stereocenters. The molecule has 0 spiro atoms. The first-order valence-corrected chi connectivity index (χ1v) is 5.46. The van der Waals surface area contributed by atoms with Crippen LogP contribution in [0.2, 0.25) is 0 Å². The van der Waals surface area contributed by atoms with Gasteiger partial charge in [0.1, 0.15) is 5.75 Å². The fourth-order valence-electron chi connectivity index (χ4n) is 1.38. The number of methoxy groups -OCH3 is 2. The van der Waals surface area contributed by atoms with Gasteiger partial charge in [-0.2, -0.15) is 0 Å². The van der Waals surface area contributed by atoms with Crippen LogP contribution in [-0.2, 0) is 9.53 Å². The quantitative estimate of drug-likeness (QED) is 0.492. The smallest absolute Gasteiger partial charge is 0.336 e. The maximum Gasteiger partial charge on any atom is 0.336 e. The average molecular weight is 268 g/mol. The molecule has 1 rings (SSSR count). The van der Waals surface area contributed by atoms with Crippen LogP contribution in [0.25, 0.3) is 0 Å². The number of nitrogen functional groups attached to an aromatic ring is 1. The number of carbonyl (C=O) groups is 2. The van der Waals surface area contributed by atoms with E-state index in [-0.39, 0.29) is 12.1 Å². The minimum atomic E-state index is -1.41. The van der Waals surface area contributed by atoms with Crippen molar-refractivity contribution in [2.24, 2.45) is 0 Å². The number of aliphatic hydroxyl groups is 1. The number of nitrogens with one attached hydrogen (secondary N) is 1. The highest BCUT2D eigenvalue weighted by molar-refractivity contribution is 5.95. The number of hydrogen-bond acceptors (Lipinski definition) is 6. The van der Waals surface area contributed by atoms with Gasteiger partial charge in [-0.1, -0.05) is 0 Å². The summed E-state index contributed by atoms with van der Waals surface area (Å²) in [5.41, 5.74) is 6.26. The van der Waals surface area contributed by atoms with Crippen LogP contribution in [0.15, 0.2) is 18.2 Å². The molecular weight excluding hydrogens is 252 g/mol. The fourth-order valence-corrected chi connectivity index (χ4v) is 1.38. The molecule has 1 aromatic rings. The molecule has 0 radical (unpaired) electrons. The summed E-state index contributed by atoms with van der Waals surface area (Å²) in [7, 11) is 2.60. The number of benzene rings is 1. The standard InChI is InChI=1S/C12H16N2O5/c1-18-9-4-7(3-8(13)5-9)11(16)14-6-10(15)12(17)19-2/h3-5,10,15H,6,13H2,1-2H3,(H,14,16). The molecule has 0 heterocycles. The molecule has 1 aromatic carbocycles. The van der Waals surface area contributed by atoms with E-state index in [1.165, 1.54) is 19.2 Å². The summed E-state index contributed by atoms with van der Waals surface area (Å²) in [5, 5.41) is 11.7. The first-order valence-electron chi connectivity index (χ1n) is 5.46. The van der Waals surface area contributed by atoms with Gasteiger partial charge in [0.15, 0.2) is 6.10 Å². The van der Waals surface area contributed by atoms with Crippen molar-refractivity contribution in [2.45, 2.75) is 6.10 Å². The molecular formula is C12H16N2O5. The molecule has 1 amide bonds. The van der Waals surface area contributed by atoms with Crippen molar-refractivity contribution in [1.82, 2.24) is 5.32 Å². The molecule has 0 saturated heterocycles. The summed E-state index contributed by atoms with van der Waals surface area (Å²) in [6.45, 7) is -0.247. The Kier molecular flexibility index (Phi) is 5.13. The second kappa shape index (κ2) is 6.60. The van der Waals surface area contributed by atoms with Crippen LogP contribution >= 0.6 is 0 Å². The van der Waals surface area contributed by atoms with Gasteiger partial charge in [0.2, 0.25) is 0 Å². The Balaban J connectivity index is 2.68. The lowest BCUT2D eigenvalue weighted by molar-refractivity contribution is -0.149. The molecule has 0 bridgehead atoms. The fraction of sp³-hybridized carbons (Fsp3) is 0.333. The zero-order valence-electron chi connectivity index (χ0n) is 10.7. The Bertz CT molecular complexity index is 475. The molecule has 4 N–H and O–H groups in total. The molecule has 0 aliphatic heterocycles. The molecule has 7 heteroatoms. The number of nitrogens with two attached hydrogens (primary N) is 1.